The summed E-state index contributed by atoms with van der Waals surface area (Å²) < 4.78 is 3.89. The largest absolute Gasteiger partial charge is 0.394 e. The van der Waals surface area contributed by atoms with E-state index >= 15 is 0 Å². The highest BCUT2D eigenvalue weighted by Crippen LogP contribution is 2.65. The molecule has 0 saturated carbocycles. The summed E-state index contributed by atoms with van der Waals surface area (Å²) in [5, 5.41) is 10.2. The van der Waals surface area contributed by atoms with Gasteiger partial charge in [-0.3, -0.25) is 19.3 Å². The molecule has 9 nitrogen and oxygen atoms in total. The number of carbonyl (C=O) groups is 3. The fraction of sp³-hybridized carbons (Fsp3) is 0.567. The molecule has 214 valence electrons. The predicted octanol–water partition coefficient (Wildman–Crippen LogP) is 1.39. The van der Waals surface area contributed by atoms with Crippen molar-refractivity contribution in [1.82, 2.24) is 14.7 Å². The van der Waals surface area contributed by atoms with Crippen molar-refractivity contribution in [3.63, 3.8) is 0 Å². The van der Waals surface area contributed by atoms with E-state index in [-0.39, 0.29) is 24.3 Å². The second-order valence-electron chi connectivity index (χ2n) is 11.6. The van der Waals surface area contributed by atoms with Crippen LogP contribution in [-0.2, 0) is 19.1 Å². The van der Waals surface area contributed by atoms with Crippen molar-refractivity contribution in [1.29, 1.82) is 0 Å². The van der Waals surface area contributed by atoms with E-state index in [9.17, 15) is 19.5 Å². The Morgan fingerprint density at radius 3 is 2.42 bits per heavy atom. The monoisotopic (exact) mass is 566 g/mol. The molecule has 3 amide bonds. The number of para-hydroxylation sites is 1. The highest BCUT2D eigenvalue weighted by Gasteiger charge is 2.74. The maximum absolute atomic E-state index is 14.4. The van der Waals surface area contributed by atoms with E-state index in [1.54, 1.807) is 28.5 Å². The standard InChI is InChI=1S/C30H38N4O5S/c1-21(20-35)34-25-28(38)32(15-14-31-16-18-39-19-17-31)12-7-11-30(25)24(27(34)37)23-26(36)33(22-8-4-3-5-9-22)13-6-10-29(23,2)40-30/h3-11,21,23-25,35H,12-20H2,1-2H3/t21-,23+,24+,25?,29-,30+/m1/s1. The molecule has 0 aliphatic carbocycles. The molecule has 6 atom stereocenters. The quantitative estimate of drug-likeness (QED) is 0.521. The van der Waals surface area contributed by atoms with Crippen LogP contribution in [0.3, 0.4) is 0 Å². The Morgan fingerprint density at radius 1 is 0.975 bits per heavy atom. The van der Waals surface area contributed by atoms with E-state index in [4.69, 9.17) is 4.74 Å². The third kappa shape index (κ3) is 4.31. The van der Waals surface area contributed by atoms with E-state index in [0.717, 1.165) is 25.3 Å². The zero-order valence-electron chi connectivity index (χ0n) is 23.1. The lowest BCUT2D eigenvalue weighted by Gasteiger charge is -2.39. The van der Waals surface area contributed by atoms with Gasteiger partial charge in [0.05, 0.1) is 42.4 Å². The number of aliphatic hydroxyl groups is 1. The van der Waals surface area contributed by atoms with Crippen molar-refractivity contribution in [2.75, 3.05) is 64.0 Å². The Balaban J connectivity index is 1.38. The van der Waals surface area contributed by atoms with Crippen LogP contribution in [0.1, 0.15) is 13.8 Å². The maximum Gasteiger partial charge on any atom is 0.247 e. The van der Waals surface area contributed by atoms with Crippen molar-refractivity contribution in [2.24, 2.45) is 11.8 Å². The normalized spacial score (nSPS) is 34.9. The van der Waals surface area contributed by atoms with Gasteiger partial charge in [-0.15, -0.1) is 11.8 Å². The molecule has 40 heavy (non-hydrogen) atoms. The van der Waals surface area contributed by atoms with Crippen molar-refractivity contribution in [3.8, 4) is 0 Å². The topological polar surface area (TPSA) is 93.6 Å². The molecule has 10 heteroatoms. The number of aliphatic hydroxyl groups excluding tert-OH is 1. The van der Waals surface area contributed by atoms with Gasteiger partial charge < -0.3 is 24.5 Å². The number of hydrogen-bond acceptors (Lipinski definition) is 7. The van der Waals surface area contributed by atoms with Gasteiger partial charge in [0.2, 0.25) is 17.7 Å². The molecular formula is C30H38N4O5S. The summed E-state index contributed by atoms with van der Waals surface area (Å²) in [6.07, 6.45) is 8.13. The number of hydrogen-bond donors (Lipinski definition) is 1. The lowest BCUT2D eigenvalue weighted by molar-refractivity contribution is -0.145. The number of nitrogens with zero attached hydrogens (tertiary/aromatic N) is 4. The van der Waals surface area contributed by atoms with Gasteiger partial charge in [0.1, 0.15) is 6.04 Å². The molecule has 5 heterocycles. The molecule has 3 saturated heterocycles. The maximum atomic E-state index is 14.4. The van der Waals surface area contributed by atoms with Gasteiger partial charge in [-0.25, -0.2) is 0 Å². The van der Waals surface area contributed by atoms with Gasteiger partial charge in [0, 0.05) is 49.7 Å². The molecule has 0 bridgehead atoms. The number of amides is 3. The molecule has 5 aliphatic heterocycles. The lowest BCUT2D eigenvalue weighted by Crippen LogP contribution is -2.57. The zero-order valence-corrected chi connectivity index (χ0v) is 24.0. The van der Waals surface area contributed by atoms with Crippen LogP contribution in [0.5, 0.6) is 0 Å². The van der Waals surface area contributed by atoms with Gasteiger partial charge in [0.25, 0.3) is 0 Å². The number of anilines is 1. The van der Waals surface area contributed by atoms with E-state index in [2.05, 4.69) is 11.0 Å². The van der Waals surface area contributed by atoms with Gasteiger partial charge in [-0.2, -0.15) is 0 Å². The Morgan fingerprint density at radius 2 is 1.70 bits per heavy atom. The van der Waals surface area contributed by atoms with Crippen LogP contribution in [0.2, 0.25) is 0 Å². The highest BCUT2D eigenvalue weighted by molar-refractivity contribution is 8.02. The summed E-state index contributed by atoms with van der Waals surface area (Å²) in [6.45, 7) is 8.75. The van der Waals surface area contributed by atoms with E-state index in [1.165, 1.54) is 0 Å². The van der Waals surface area contributed by atoms with Gasteiger partial charge in [-0.05, 0) is 26.0 Å². The molecule has 1 N–H and O–H groups in total. The number of carbonyl (C=O) groups excluding carboxylic acids is 3. The summed E-state index contributed by atoms with van der Waals surface area (Å²) in [6, 6.07) is 8.20. The minimum atomic E-state index is -0.912. The van der Waals surface area contributed by atoms with Crippen LogP contribution in [0.25, 0.3) is 0 Å². The third-order valence-electron chi connectivity index (χ3n) is 9.18. The fourth-order valence-electron chi connectivity index (χ4n) is 7.20. The number of benzene rings is 1. The summed E-state index contributed by atoms with van der Waals surface area (Å²) in [5.74, 6) is -1.81. The van der Waals surface area contributed by atoms with Crippen LogP contribution in [0.15, 0.2) is 54.6 Å². The molecule has 1 aromatic carbocycles. The molecular weight excluding hydrogens is 528 g/mol. The molecule has 3 fully saturated rings. The SMILES string of the molecule is C[C@H](CO)N1C(=O)[C@@H]2[C@H]3C(=O)N(c4ccccc4)CC=C[C@@]3(C)S[C@@]23C=CCN(CCN2CCOCC2)C(=O)C13. The van der Waals surface area contributed by atoms with Gasteiger partial charge in [-0.1, -0.05) is 42.5 Å². The average Bonchev–Trinajstić information content (AvgIpc) is 3.25. The number of rotatable bonds is 6. The number of likely N-dealkylation sites (tertiary alicyclic amines) is 1. The van der Waals surface area contributed by atoms with Gasteiger partial charge in [0.15, 0.2) is 0 Å². The molecule has 1 aromatic rings. The molecule has 1 spiro atoms. The van der Waals surface area contributed by atoms with Crippen LogP contribution in [0.4, 0.5) is 5.69 Å². The highest BCUT2D eigenvalue weighted by atomic mass is 32.2. The van der Waals surface area contributed by atoms with Crippen LogP contribution in [0, 0.1) is 11.8 Å². The minimum absolute atomic E-state index is 0.104. The number of fused-ring (bicyclic) bond motifs is 2. The molecule has 0 radical (unpaired) electrons. The Bertz CT molecular complexity index is 1220. The van der Waals surface area contributed by atoms with E-state index < -0.39 is 33.4 Å². The third-order valence-corrected chi connectivity index (χ3v) is 11.0. The van der Waals surface area contributed by atoms with E-state index in [1.807, 2.05) is 60.4 Å². The zero-order chi connectivity index (χ0) is 28.1. The van der Waals surface area contributed by atoms with Gasteiger partial charge >= 0.3 is 0 Å². The van der Waals surface area contributed by atoms with Crippen molar-refractivity contribution < 1.29 is 24.2 Å². The summed E-state index contributed by atoms with van der Waals surface area (Å²) in [5.41, 5.74) is 0.789. The predicted molar refractivity (Wildman–Crippen MR) is 154 cm³/mol. The summed E-state index contributed by atoms with van der Waals surface area (Å²) in [7, 11) is 0. The molecule has 5 aliphatic rings. The summed E-state index contributed by atoms with van der Waals surface area (Å²) >= 11 is 1.57. The minimum Gasteiger partial charge on any atom is -0.394 e. The lowest BCUT2D eigenvalue weighted by atomic mass is 9.74. The van der Waals surface area contributed by atoms with Crippen molar-refractivity contribution in [2.45, 2.75) is 35.4 Å². The second kappa shape index (κ2) is 10.6. The average molecular weight is 567 g/mol. The van der Waals surface area contributed by atoms with E-state index in [0.29, 0.717) is 32.8 Å². The van der Waals surface area contributed by atoms with Crippen LogP contribution in [-0.4, -0.2) is 118 Å². The number of thioether (sulfide) groups is 1. The number of morpholine rings is 1. The van der Waals surface area contributed by atoms with Crippen LogP contribution < -0.4 is 4.90 Å². The first-order valence-corrected chi connectivity index (χ1v) is 15.1. The molecule has 0 aromatic heterocycles. The van der Waals surface area contributed by atoms with Crippen LogP contribution >= 0.6 is 11.8 Å². The first-order chi connectivity index (χ1) is 19.3. The smallest absolute Gasteiger partial charge is 0.247 e. The fourth-order valence-corrected chi connectivity index (χ4v) is 9.34. The first-order valence-electron chi connectivity index (χ1n) is 14.2. The van der Waals surface area contributed by atoms with Crippen molar-refractivity contribution in [3.05, 3.63) is 54.6 Å². The number of ether oxygens (including phenoxy) is 1. The Kier molecular flexibility index (Phi) is 7.31. The Labute approximate surface area is 239 Å². The van der Waals surface area contributed by atoms with Crippen molar-refractivity contribution >= 4 is 35.2 Å². The first kappa shape index (κ1) is 27.5. The Hall–Kier alpha value is -2.66. The molecule has 6 rings (SSSR count). The molecule has 1 unspecified atom stereocenters. The summed E-state index contributed by atoms with van der Waals surface area (Å²) in [4.78, 5) is 50.6. The second-order valence-corrected chi connectivity index (χ2v) is 13.4.